The number of aromatic nitrogens is 1. The fourth-order valence-corrected chi connectivity index (χ4v) is 2.80. The van der Waals surface area contributed by atoms with Crippen LogP contribution in [0.25, 0.3) is 11.1 Å². The Morgan fingerprint density at radius 3 is 2.40 bits per heavy atom. The number of nitrogens with zero attached hydrogens (tertiary/aromatic N) is 2. The molecule has 7 nitrogen and oxygen atoms in total. The van der Waals surface area contributed by atoms with Gasteiger partial charge in [-0.15, -0.1) is 0 Å². The molecule has 2 N–H and O–H groups in total. The van der Waals surface area contributed by atoms with E-state index in [9.17, 15) is 14.9 Å². The molecule has 126 valence electrons. The molecule has 1 heterocycles. The molecule has 0 bridgehead atoms. The van der Waals surface area contributed by atoms with E-state index in [-0.39, 0.29) is 10.1 Å². The molecule has 0 aliphatic carbocycles. The third-order valence-electron chi connectivity index (χ3n) is 3.41. The van der Waals surface area contributed by atoms with Crippen molar-refractivity contribution in [2.45, 2.75) is 6.54 Å². The molecule has 0 spiro atoms. The first kappa shape index (κ1) is 16.6. The topological polar surface area (TPSA) is 97.2 Å². The van der Waals surface area contributed by atoms with Crippen LogP contribution in [0.1, 0.15) is 5.56 Å². The van der Waals surface area contributed by atoms with Crippen molar-refractivity contribution in [3.8, 4) is 11.1 Å². The molecule has 3 rings (SSSR count). The van der Waals surface area contributed by atoms with Crippen molar-refractivity contribution in [2.75, 3.05) is 5.32 Å². The average Bonchev–Trinajstić information content (AvgIpc) is 3.10. The second kappa shape index (κ2) is 7.54. The van der Waals surface area contributed by atoms with Gasteiger partial charge < -0.3 is 5.32 Å². The molecule has 0 aliphatic rings. The monoisotopic (exact) mass is 354 g/mol. The fraction of sp³-hybridized carbons (Fsp3) is 0.0588. The van der Waals surface area contributed by atoms with Crippen LogP contribution in [-0.4, -0.2) is 15.9 Å². The van der Waals surface area contributed by atoms with Gasteiger partial charge in [-0.1, -0.05) is 54.6 Å². The number of urea groups is 1. The molecule has 25 heavy (non-hydrogen) atoms. The Kier molecular flexibility index (Phi) is 5.00. The zero-order valence-corrected chi connectivity index (χ0v) is 13.8. The summed E-state index contributed by atoms with van der Waals surface area (Å²) in [5.74, 6) is 0. The van der Waals surface area contributed by atoms with Crippen LogP contribution < -0.4 is 10.6 Å². The van der Waals surface area contributed by atoms with E-state index in [1.54, 1.807) is 0 Å². The highest BCUT2D eigenvalue weighted by Crippen LogP contribution is 2.24. The van der Waals surface area contributed by atoms with Crippen molar-refractivity contribution in [1.82, 2.24) is 10.3 Å². The normalized spacial score (nSPS) is 10.2. The van der Waals surface area contributed by atoms with Gasteiger partial charge in [-0.25, -0.2) is 9.78 Å². The maximum Gasteiger partial charge on any atom is 0.345 e. The van der Waals surface area contributed by atoms with Gasteiger partial charge in [0.15, 0.2) is 5.13 Å². The first-order valence-corrected chi connectivity index (χ1v) is 8.23. The van der Waals surface area contributed by atoms with Crippen molar-refractivity contribution < 1.29 is 9.72 Å². The highest BCUT2D eigenvalue weighted by Gasteiger charge is 2.13. The highest BCUT2D eigenvalue weighted by atomic mass is 32.1. The first-order valence-electron chi connectivity index (χ1n) is 7.41. The van der Waals surface area contributed by atoms with Gasteiger partial charge in [0.05, 0.1) is 4.92 Å². The zero-order chi connectivity index (χ0) is 17.6. The number of benzene rings is 2. The summed E-state index contributed by atoms with van der Waals surface area (Å²) in [7, 11) is 0. The molecule has 3 aromatic rings. The van der Waals surface area contributed by atoms with E-state index in [0.717, 1.165) is 34.2 Å². The molecule has 0 saturated carbocycles. The van der Waals surface area contributed by atoms with Gasteiger partial charge in [0.25, 0.3) is 0 Å². The predicted octanol–water partition coefficient (Wildman–Crippen LogP) is 4.04. The van der Waals surface area contributed by atoms with Crippen molar-refractivity contribution in [1.29, 1.82) is 0 Å². The number of amides is 2. The third kappa shape index (κ3) is 4.39. The van der Waals surface area contributed by atoms with E-state index >= 15 is 0 Å². The second-order valence-corrected chi connectivity index (χ2v) is 6.14. The van der Waals surface area contributed by atoms with Crippen LogP contribution in [-0.2, 0) is 6.54 Å². The van der Waals surface area contributed by atoms with E-state index < -0.39 is 11.0 Å². The van der Waals surface area contributed by atoms with Gasteiger partial charge in [-0.2, -0.15) is 0 Å². The number of anilines is 1. The molecule has 0 saturated heterocycles. The molecule has 1 aromatic heterocycles. The lowest BCUT2D eigenvalue weighted by Crippen LogP contribution is -2.28. The smallest absolute Gasteiger partial charge is 0.334 e. The molecule has 2 aromatic carbocycles. The number of hydrogen-bond donors (Lipinski definition) is 2. The summed E-state index contributed by atoms with van der Waals surface area (Å²) in [5, 5.41) is 15.8. The van der Waals surface area contributed by atoms with Crippen molar-refractivity contribution >= 4 is 27.5 Å². The van der Waals surface area contributed by atoms with E-state index in [2.05, 4.69) is 15.6 Å². The first-order chi connectivity index (χ1) is 12.1. The Labute approximate surface area is 147 Å². The lowest BCUT2D eigenvalue weighted by Gasteiger charge is -2.07. The number of carbonyl (C=O) groups excluding carboxylic acids is 1. The third-order valence-corrected chi connectivity index (χ3v) is 4.27. The Morgan fingerprint density at radius 1 is 1.08 bits per heavy atom. The molecule has 2 amide bonds. The quantitative estimate of drug-likeness (QED) is 0.534. The van der Waals surface area contributed by atoms with E-state index in [1.807, 2.05) is 54.6 Å². The molecule has 0 unspecified atom stereocenters. The molecule has 0 radical (unpaired) electrons. The average molecular weight is 354 g/mol. The van der Waals surface area contributed by atoms with Crippen LogP contribution in [0, 0.1) is 10.1 Å². The van der Waals surface area contributed by atoms with Crippen LogP contribution in [0.3, 0.4) is 0 Å². The van der Waals surface area contributed by atoms with Crippen LogP contribution in [0.2, 0.25) is 0 Å². The molecule has 0 aliphatic heterocycles. The fourth-order valence-electron chi connectivity index (χ4n) is 2.18. The predicted molar refractivity (Wildman–Crippen MR) is 96.5 cm³/mol. The SMILES string of the molecule is O=C(NCc1ccc(-c2ccccc2)cc1)Nc1ncc([N+](=O)[O-])s1. The van der Waals surface area contributed by atoms with Crippen molar-refractivity contribution in [3.05, 3.63) is 76.5 Å². The molecule has 0 atom stereocenters. The molecular formula is C17H14N4O3S. The Hall–Kier alpha value is -3.26. The molecule has 8 heteroatoms. The van der Waals surface area contributed by atoms with E-state index in [0.29, 0.717) is 6.54 Å². The van der Waals surface area contributed by atoms with E-state index in [4.69, 9.17) is 0 Å². The summed E-state index contributed by atoms with van der Waals surface area (Å²) in [4.78, 5) is 25.7. The molecular weight excluding hydrogens is 340 g/mol. The number of carbonyl (C=O) groups is 1. The van der Waals surface area contributed by atoms with Crippen LogP contribution in [0.15, 0.2) is 60.8 Å². The van der Waals surface area contributed by atoms with Crippen LogP contribution in [0.5, 0.6) is 0 Å². The minimum atomic E-state index is -0.547. The minimum absolute atomic E-state index is 0.119. The number of hydrogen-bond acceptors (Lipinski definition) is 5. The summed E-state index contributed by atoms with van der Waals surface area (Å²) in [6.45, 7) is 0.342. The lowest BCUT2D eigenvalue weighted by atomic mass is 10.0. The zero-order valence-electron chi connectivity index (χ0n) is 13.0. The van der Waals surface area contributed by atoms with Gasteiger partial charge in [0.2, 0.25) is 0 Å². The van der Waals surface area contributed by atoms with Gasteiger partial charge in [-0.3, -0.25) is 15.4 Å². The Morgan fingerprint density at radius 2 is 1.76 bits per heavy atom. The van der Waals surface area contributed by atoms with Gasteiger partial charge >= 0.3 is 11.0 Å². The second-order valence-electron chi connectivity index (χ2n) is 5.13. The maximum absolute atomic E-state index is 11.8. The number of thiazole rings is 1. The minimum Gasteiger partial charge on any atom is -0.334 e. The number of nitrogens with one attached hydrogen (secondary N) is 2. The largest absolute Gasteiger partial charge is 0.345 e. The van der Waals surface area contributed by atoms with Crippen LogP contribution in [0.4, 0.5) is 14.9 Å². The standard InChI is InChI=1S/C17H14N4O3S/c22-16(20-17-19-11-15(25-17)21(23)24)18-10-12-6-8-14(9-7-12)13-4-2-1-3-5-13/h1-9,11H,10H2,(H2,18,19,20,22). The lowest BCUT2D eigenvalue weighted by molar-refractivity contribution is -0.380. The summed E-state index contributed by atoms with van der Waals surface area (Å²) in [5.41, 5.74) is 3.17. The number of nitro groups is 1. The highest BCUT2D eigenvalue weighted by molar-refractivity contribution is 7.18. The summed E-state index contributed by atoms with van der Waals surface area (Å²) >= 11 is 0.808. The summed E-state index contributed by atoms with van der Waals surface area (Å²) in [6.07, 6.45) is 1.11. The number of rotatable bonds is 5. The summed E-state index contributed by atoms with van der Waals surface area (Å²) in [6, 6.07) is 17.4. The molecule has 0 fully saturated rings. The van der Waals surface area contributed by atoms with Crippen molar-refractivity contribution in [2.24, 2.45) is 0 Å². The van der Waals surface area contributed by atoms with E-state index in [1.165, 1.54) is 0 Å². The Balaban J connectivity index is 1.54. The van der Waals surface area contributed by atoms with Gasteiger partial charge in [0.1, 0.15) is 6.20 Å². The van der Waals surface area contributed by atoms with Gasteiger partial charge in [0, 0.05) is 6.54 Å². The summed E-state index contributed by atoms with van der Waals surface area (Å²) < 4.78 is 0. The Bertz CT molecular complexity index is 878. The van der Waals surface area contributed by atoms with Crippen LogP contribution >= 0.6 is 11.3 Å². The van der Waals surface area contributed by atoms with Gasteiger partial charge in [-0.05, 0) is 28.0 Å². The van der Waals surface area contributed by atoms with Crippen molar-refractivity contribution in [3.63, 3.8) is 0 Å². The maximum atomic E-state index is 11.8.